The third kappa shape index (κ3) is 7.57. The van der Waals surface area contributed by atoms with Crippen LogP contribution in [0.1, 0.15) is 67.5 Å². The summed E-state index contributed by atoms with van der Waals surface area (Å²) in [6.07, 6.45) is -3.89. The number of halogens is 4. The number of esters is 1. The second-order valence-electron chi connectivity index (χ2n) is 10.3. The lowest BCUT2D eigenvalue weighted by atomic mass is 10.1. The summed E-state index contributed by atoms with van der Waals surface area (Å²) in [4.78, 5) is 30.2. The molecule has 1 aromatic heterocycles. The summed E-state index contributed by atoms with van der Waals surface area (Å²) in [5.41, 5.74) is -0.865. The third-order valence-corrected chi connectivity index (χ3v) is 7.02. The first kappa shape index (κ1) is 29.6. The number of ketones is 1. The molecule has 0 aliphatic carbocycles. The van der Waals surface area contributed by atoms with E-state index in [1.165, 1.54) is 12.1 Å². The third-order valence-electron chi connectivity index (χ3n) is 5.42. The van der Waals surface area contributed by atoms with E-state index < -0.39 is 28.9 Å². The Morgan fingerprint density at radius 3 is 2.18 bits per heavy atom. The van der Waals surface area contributed by atoms with Crippen molar-refractivity contribution in [1.82, 2.24) is 4.98 Å². The Kier molecular flexibility index (Phi) is 8.63. The van der Waals surface area contributed by atoms with Gasteiger partial charge in [0.25, 0.3) is 0 Å². The molecular formula is C28H29ClF3NO4S. The van der Waals surface area contributed by atoms with Crippen LogP contribution in [0.5, 0.6) is 5.75 Å². The van der Waals surface area contributed by atoms with E-state index in [0.717, 1.165) is 29.0 Å². The zero-order chi connectivity index (χ0) is 28.5. The summed E-state index contributed by atoms with van der Waals surface area (Å²) in [5, 5.41) is 0.869. The predicted molar refractivity (Wildman–Crippen MR) is 142 cm³/mol. The molecule has 3 aromatic rings. The Hall–Kier alpha value is -2.91. The van der Waals surface area contributed by atoms with Crippen molar-refractivity contribution in [3.63, 3.8) is 0 Å². The molecule has 0 saturated heterocycles. The van der Waals surface area contributed by atoms with Crippen LogP contribution < -0.4 is 4.74 Å². The number of hydrogen-bond donors (Lipinski definition) is 0. The fraction of sp³-hybridized carbons (Fsp3) is 0.393. The van der Waals surface area contributed by atoms with Gasteiger partial charge in [0.15, 0.2) is 11.4 Å². The maximum atomic E-state index is 12.9. The van der Waals surface area contributed by atoms with Crippen LogP contribution >= 0.6 is 22.9 Å². The number of hydrogen-bond acceptors (Lipinski definition) is 6. The van der Waals surface area contributed by atoms with Gasteiger partial charge in [-0.1, -0.05) is 29.8 Å². The summed E-state index contributed by atoms with van der Waals surface area (Å²) in [5.74, 6) is -0.257. The van der Waals surface area contributed by atoms with Gasteiger partial charge in [-0.05, 0) is 77.8 Å². The zero-order valence-electron chi connectivity index (χ0n) is 22.0. The summed E-state index contributed by atoms with van der Waals surface area (Å²) < 4.78 is 49.8. The molecular weight excluding hydrogens is 539 g/mol. The summed E-state index contributed by atoms with van der Waals surface area (Å²) in [7, 11) is 0. The highest BCUT2D eigenvalue weighted by Gasteiger charge is 2.35. The maximum Gasteiger partial charge on any atom is 0.416 e. The maximum absolute atomic E-state index is 12.9. The Morgan fingerprint density at radius 2 is 1.63 bits per heavy atom. The molecule has 0 unspecified atom stereocenters. The number of Topliss-reactive ketones (excluding diaryl/α,β-unsaturated/α-hetero) is 1. The number of carbonyl (C=O) groups excluding carboxylic acids is 2. The Morgan fingerprint density at radius 1 is 1.00 bits per heavy atom. The molecule has 0 N–H and O–H groups in total. The first-order chi connectivity index (χ1) is 17.5. The minimum absolute atomic E-state index is 0.138. The predicted octanol–water partition coefficient (Wildman–Crippen LogP) is 8.11. The van der Waals surface area contributed by atoms with Gasteiger partial charge in [-0.2, -0.15) is 13.2 Å². The van der Waals surface area contributed by atoms with Gasteiger partial charge in [-0.25, -0.2) is 9.78 Å². The number of benzene rings is 2. The number of thiazole rings is 1. The number of nitrogens with zero attached hydrogens (tertiary/aromatic N) is 1. The van der Waals surface area contributed by atoms with Crippen molar-refractivity contribution in [2.24, 2.45) is 0 Å². The smallest absolute Gasteiger partial charge is 0.416 e. The van der Waals surface area contributed by atoms with Gasteiger partial charge in [0.05, 0.1) is 16.1 Å². The molecule has 2 aromatic carbocycles. The molecule has 0 bridgehead atoms. The minimum atomic E-state index is -4.42. The van der Waals surface area contributed by atoms with E-state index in [2.05, 4.69) is 4.98 Å². The second kappa shape index (κ2) is 11.1. The molecule has 38 heavy (non-hydrogen) atoms. The van der Waals surface area contributed by atoms with Crippen LogP contribution in [0.3, 0.4) is 0 Å². The largest absolute Gasteiger partial charge is 0.476 e. The van der Waals surface area contributed by atoms with Crippen molar-refractivity contribution < 1.29 is 32.2 Å². The van der Waals surface area contributed by atoms with Gasteiger partial charge in [0.2, 0.25) is 0 Å². The van der Waals surface area contributed by atoms with Gasteiger partial charge < -0.3 is 9.47 Å². The normalized spacial score (nSPS) is 12.4. The SMILES string of the molecule is Cc1nc(-c2ccc(C(F)(F)F)cc2)sc1C(=O)CCc1ccc(OC(C)(C)C(=O)OC(C)(C)C)cc1Cl. The Labute approximate surface area is 228 Å². The molecule has 10 heteroatoms. The van der Waals surface area contributed by atoms with E-state index in [0.29, 0.717) is 38.3 Å². The zero-order valence-corrected chi connectivity index (χ0v) is 23.5. The lowest BCUT2D eigenvalue weighted by Crippen LogP contribution is -2.43. The molecule has 5 nitrogen and oxygen atoms in total. The van der Waals surface area contributed by atoms with E-state index in [4.69, 9.17) is 21.1 Å². The summed E-state index contributed by atoms with van der Waals surface area (Å²) in [6, 6.07) is 9.71. The first-order valence-electron chi connectivity index (χ1n) is 11.9. The van der Waals surface area contributed by atoms with Crippen LogP contribution in [0.2, 0.25) is 5.02 Å². The monoisotopic (exact) mass is 567 g/mol. The van der Waals surface area contributed by atoms with Crippen LogP contribution in [-0.4, -0.2) is 27.9 Å². The van der Waals surface area contributed by atoms with Crippen LogP contribution in [0.4, 0.5) is 13.2 Å². The lowest BCUT2D eigenvalue weighted by Gasteiger charge is -2.29. The number of rotatable bonds is 8. The molecule has 1 heterocycles. The van der Waals surface area contributed by atoms with Gasteiger partial charge in [0.1, 0.15) is 16.4 Å². The van der Waals surface area contributed by atoms with Gasteiger partial charge in [-0.3, -0.25) is 4.79 Å². The topological polar surface area (TPSA) is 65.5 Å². The van der Waals surface area contributed by atoms with E-state index in [1.54, 1.807) is 59.7 Å². The number of aryl methyl sites for hydroxylation is 2. The van der Waals surface area contributed by atoms with E-state index in [-0.39, 0.29) is 12.2 Å². The van der Waals surface area contributed by atoms with Crippen molar-refractivity contribution in [2.45, 2.75) is 71.8 Å². The first-order valence-corrected chi connectivity index (χ1v) is 13.0. The molecule has 0 amide bonds. The van der Waals surface area contributed by atoms with Crippen LogP contribution in [0.25, 0.3) is 10.6 Å². The van der Waals surface area contributed by atoms with E-state index >= 15 is 0 Å². The van der Waals surface area contributed by atoms with Crippen LogP contribution in [0.15, 0.2) is 42.5 Å². The van der Waals surface area contributed by atoms with Gasteiger partial charge in [0, 0.05) is 17.0 Å². The number of ether oxygens (including phenoxy) is 2. The molecule has 0 atom stereocenters. The minimum Gasteiger partial charge on any atom is -0.476 e. The average Bonchev–Trinajstić information content (AvgIpc) is 3.18. The van der Waals surface area contributed by atoms with Gasteiger partial charge >= 0.3 is 12.1 Å². The van der Waals surface area contributed by atoms with Crippen molar-refractivity contribution in [3.05, 3.63) is 69.2 Å². The standard InChI is InChI=1S/C28H29ClF3NO4S/c1-16-23(38-24(33-16)18-7-11-19(12-8-18)28(30,31)32)22(34)14-10-17-9-13-20(15-21(17)29)36-27(5,6)25(35)37-26(2,3)4/h7-9,11-13,15H,10,14H2,1-6H3. The molecule has 0 radical (unpaired) electrons. The molecule has 0 fully saturated rings. The van der Waals surface area contributed by atoms with Gasteiger partial charge in [-0.15, -0.1) is 11.3 Å². The highest BCUT2D eigenvalue weighted by Crippen LogP contribution is 2.34. The average molecular weight is 568 g/mol. The molecule has 0 saturated carbocycles. The quantitative estimate of drug-likeness (QED) is 0.203. The number of alkyl halides is 3. The Balaban J connectivity index is 1.66. The van der Waals surface area contributed by atoms with E-state index in [9.17, 15) is 22.8 Å². The fourth-order valence-electron chi connectivity index (χ4n) is 3.47. The van der Waals surface area contributed by atoms with Crippen molar-refractivity contribution >= 4 is 34.7 Å². The molecule has 0 aliphatic rings. The van der Waals surface area contributed by atoms with Crippen molar-refractivity contribution in [3.8, 4) is 16.3 Å². The van der Waals surface area contributed by atoms with Crippen molar-refractivity contribution in [1.29, 1.82) is 0 Å². The van der Waals surface area contributed by atoms with E-state index in [1.807, 2.05) is 0 Å². The molecule has 0 spiro atoms. The highest BCUT2D eigenvalue weighted by atomic mass is 35.5. The van der Waals surface area contributed by atoms with Crippen LogP contribution in [0, 0.1) is 6.92 Å². The highest BCUT2D eigenvalue weighted by molar-refractivity contribution is 7.17. The molecule has 204 valence electrons. The molecule has 3 rings (SSSR count). The fourth-order valence-corrected chi connectivity index (χ4v) is 4.78. The second-order valence-corrected chi connectivity index (χ2v) is 11.7. The Bertz CT molecular complexity index is 1330. The summed E-state index contributed by atoms with van der Waals surface area (Å²) in [6.45, 7) is 10.2. The van der Waals surface area contributed by atoms with Crippen LogP contribution in [-0.2, 0) is 22.1 Å². The molecule has 0 aliphatic heterocycles. The van der Waals surface area contributed by atoms with Crippen molar-refractivity contribution in [2.75, 3.05) is 0 Å². The lowest BCUT2D eigenvalue weighted by molar-refractivity contribution is -0.170. The number of carbonyl (C=O) groups is 2. The summed E-state index contributed by atoms with van der Waals surface area (Å²) >= 11 is 7.59. The number of aromatic nitrogens is 1.